The van der Waals surface area contributed by atoms with Crippen LogP contribution in [0.5, 0.6) is 0 Å². The predicted octanol–water partition coefficient (Wildman–Crippen LogP) is 3.47. The number of fused-ring (bicyclic) bond motifs is 1. The number of hydrogen-bond acceptors (Lipinski definition) is 4. The number of nitrogen functional groups attached to an aromatic ring is 1. The molecule has 1 aliphatic rings. The molecule has 112 valence electrons. The van der Waals surface area contributed by atoms with Crippen molar-refractivity contribution in [1.82, 2.24) is 0 Å². The van der Waals surface area contributed by atoms with Gasteiger partial charge in [0.2, 0.25) is 5.76 Å². The van der Waals surface area contributed by atoms with E-state index in [1.807, 2.05) is 48.2 Å². The Morgan fingerprint density at radius 2 is 1.62 bits per heavy atom. The number of alkyl halides is 3. The van der Waals surface area contributed by atoms with Crippen molar-refractivity contribution in [2.75, 3.05) is 29.6 Å². The summed E-state index contributed by atoms with van der Waals surface area (Å²) in [4.78, 5) is 3.74. The van der Waals surface area contributed by atoms with Gasteiger partial charge in [-0.25, -0.2) is 0 Å². The summed E-state index contributed by atoms with van der Waals surface area (Å²) in [7, 11) is 3.62. The van der Waals surface area contributed by atoms with E-state index in [1.54, 1.807) is 0 Å². The number of furan rings is 1. The Hall–Kier alpha value is -2.31. The highest BCUT2D eigenvalue weighted by Crippen LogP contribution is 2.47. The fourth-order valence-corrected chi connectivity index (χ4v) is 2.76. The van der Waals surface area contributed by atoms with Crippen LogP contribution in [0, 0.1) is 0 Å². The second-order valence-corrected chi connectivity index (χ2v) is 5.01. The predicted molar refractivity (Wildman–Crippen MR) is 74.1 cm³/mol. The van der Waals surface area contributed by atoms with Crippen molar-refractivity contribution in [3.05, 3.63) is 41.7 Å². The van der Waals surface area contributed by atoms with Gasteiger partial charge in [0.1, 0.15) is 6.17 Å². The van der Waals surface area contributed by atoms with Gasteiger partial charge in [-0.1, -0.05) is 12.1 Å². The maximum Gasteiger partial charge on any atom is 0.449 e. The molecule has 0 radical (unpaired) electrons. The maximum absolute atomic E-state index is 12.7. The van der Waals surface area contributed by atoms with Gasteiger partial charge in [-0.2, -0.15) is 13.2 Å². The lowest BCUT2D eigenvalue weighted by molar-refractivity contribution is -0.152. The van der Waals surface area contributed by atoms with Crippen LogP contribution in [-0.2, 0) is 6.18 Å². The zero-order valence-corrected chi connectivity index (χ0v) is 11.5. The molecule has 7 heteroatoms. The topological polar surface area (TPSA) is 45.6 Å². The van der Waals surface area contributed by atoms with Crippen molar-refractivity contribution < 1.29 is 17.6 Å². The van der Waals surface area contributed by atoms with Crippen LogP contribution in [0.1, 0.15) is 17.5 Å². The van der Waals surface area contributed by atoms with E-state index in [4.69, 9.17) is 5.73 Å². The Kier molecular flexibility index (Phi) is 2.82. The Labute approximate surface area is 119 Å². The van der Waals surface area contributed by atoms with Crippen LogP contribution in [0.3, 0.4) is 0 Å². The monoisotopic (exact) mass is 297 g/mol. The van der Waals surface area contributed by atoms with E-state index in [1.165, 1.54) is 0 Å². The second kappa shape index (κ2) is 4.34. The van der Waals surface area contributed by atoms with E-state index in [0.717, 1.165) is 17.4 Å². The molecule has 3 rings (SSSR count). The van der Waals surface area contributed by atoms with Crippen LogP contribution < -0.4 is 15.5 Å². The van der Waals surface area contributed by atoms with Crippen LogP contribution in [0.4, 0.5) is 30.4 Å². The van der Waals surface area contributed by atoms with Gasteiger partial charge in [0.15, 0.2) is 5.88 Å². The minimum absolute atomic E-state index is 0.209. The van der Waals surface area contributed by atoms with Gasteiger partial charge in [-0.05, 0) is 18.2 Å². The lowest BCUT2D eigenvalue weighted by Gasteiger charge is -2.27. The fourth-order valence-electron chi connectivity index (χ4n) is 2.76. The SMILES string of the molecule is CN1c2ccccc2N(C)C1c1cc(C(F)(F)F)oc1N. The average molecular weight is 297 g/mol. The van der Waals surface area contributed by atoms with Crippen molar-refractivity contribution in [2.24, 2.45) is 0 Å². The van der Waals surface area contributed by atoms with Gasteiger partial charge in [-0.15, -0.1) is 0 Å². The number of hydrogen-bond donors (Lipinski definition) is 1. The van der Waals surface area contributed by atoms with E-state index in [0.29, 0.717) is 5.56 Å². The van der Waals surface area contributed by atoms with Crippen LogP contribution >= 0.6 is 0 Å². The first kappa shape index (κ1) is 13.7. The van der Waals surface area contributed by atoms with Gasteiger partial charge in [0.05, 0.1) is 16.9 Å². The number of para-hydroxylation sites is 2. The molecule has 2 heterocycles. The van der Waals surface area contributed by atoms with Crippen molar-refractivity contribution in [2.45, 2.75) is 12.3 Å². The summed E-state index contributed by atoms with van der Waals surface area (Å²) in [5.74, 6) is -1.29. The highest BCUT2D eigenvalue weighted by atomic mass is 19.4. The maximum atomic E-state index is 12.7. The molecule has 1 aromatic carbocycles. The van der Waals surface area contributed by atoms with Gasteiger partial charge in [0, 0.05) is 14.1 Å². The van der Waals surface area contributed by atoms with E-state index in [9.17, 15) is 13.2 Å². The highest BCUT2D eigenvalue weighted by molar-refractivity contribution is 5.78. The summed E-state index contributed by atoms with van der Waals surface area (Å²) in [5, 5.41) is 0. The summed E-state index contributed by atoms with van der Waals surface area (Å²) in [6, 6.07) is 8.55. The molecule has 0 fully saturated rings. The average Bonchev–Trinajstić information content (AvgIpc) is 2.90. The Bertz CT molecular complexity index is 651. The van der Waals surface area contributed by atoms with Crippen molar-refractivity contribution in [3.63, 3.8) is 0 Å². The normalized spacial score (nSPS) is 15.7. The molecule has 0 atom stereocenters. The molecule has 1 aromatic heterocycles. The molecule has 0 spiro atoms. The van der Waals surface area contributed by atoms with Crippen LogP contribution in [0.15, 0.2) is 34.7 Å². The molecule has 0 saturated carbocycles. The van der Waals surface area contributed by atoms with E-state index < -0.39 is 18.1 Å². The highest BCUT2D eigenvalue weighted by Gasteiger charge is 2.40. The third kappa shape index (κ3) is 2.00. The number of benzene rings is 1. The molecule has 21 heavy (non-hydrogen) atoms. The zero-order chi connectivity index (χ0) is 15.4. The van der Waals surface area contributed by atoms with Crippen LogP contribution in [-0.4, -0.2) is 14.1 Å². The number of rotatable bonds is 1. The first-order valence-corrected chi connectivity index (χ1v) is 6.32. The summed E-state index contributed by atoms with van der Waals surface area (Å²) in [5.41, 5.74) is 7.83. The molecule has 0 amide bonds. The fraction of sp³-hybridized carbons (Fsp3) is 0.286. The van der Waals surface area contributed by atoms with Crippen LogP contribution in [0.25, 0.3) is 0 Å². The Balaban J connectivity index is 2.05. The lowest BCUT2D eigenvalue weighted by atomic mass is 10.2. The molecule has 1 aliphatic heterocycles. The molecule has 0 bridgehead atoms. The molecule has 0 aliphatic carbocycles. The number of nitrogens with two attached hydrogens (primary N) is 1. The smallest absolute Gasteiger partial charge is 0.436 e. The summed E-state index contributed by atoms with van der Waals surface area (Å²) >= 11 is 0. The number of halogens is 3. The lowest BCUT2D eigenvalue weighted by Crippen LogP contribution is -2.30. The molecule has 0 saturated heterocycles. The van der Waals surface area contributed by atoms with Crippen LogP contribution in [0.2, 0.25) is 0 Å². The summed E-state index contributed by atoms with van der Waals surface area (Å²) in [6.45, 7) is 0. The minimum Gasteiger partial charge on any atom is -0.436 e. The Morgan fingerprint density at radius 1 is 1.10 bits per heavy atom. The standard InChI is InChI=1S/C14H14F3N3O/c1-19-9-5-3-4-6-10(9)20(2)13(19)8-7-11(14(15,16)17)21-12(8)18/h3-7,13H,18H2,1-2H3. The third-order valence-corrected chi connectivity index (χ3v) is 3.72. The molecule has 4 nitrogen and oxygen atoms in total. The second-order valence-electron chi connectivity index (χ2n) is 5.01. The first-order chi connectivity index (χ1) is 9.80. The molecular formula is C14H14F3N3O. The minimum atomic E-state index is -4.55. The first-order valence-electron chi connectivity index (χ1n) is 6.32. The van der Waals surface area contributed by atoms with E-state index >= 15 is 0 Å². The molecular weight excluding hydrogens is 283 g/mol. The number of nitrogens with zero attached hydrogens (tertiary/aromatic N) is 2. The van der Waals surface area contributed by atoms with Crippen molar-refractivity contribution in [1.29, 1.82) is 0 Å². The molecule has 0 unspecified atom stereocenters. The zero-order valence-electron chi connectivity index (χ0n) is 11.5. The van der Waals surface area contributed by atoms with Gasteiger partial charge >= 0.3 is 6.18 Å². The van der Waals surface area contributed by atoms with Crippen molar-refractivity contribution >= 4 is 17.3 Å². The number of anilines is 3. The quantitative estimate of drug-likeness (QED) is 0.875. The summed E-state index contributed by atoms with van der Waals surface area (Å²) in [6.07, 6.45) is -4.98. The molecule has 2 N–H and O–H groups in total. The largest absolute Gasteiger partial charge is 0.449 e. The Morgan fingerprint density at radius 3 is 2.05 bits per heavy atom. The van der Waals surface area contributed by atoms with Crippen molar-refractivity contribution in [3.8, 4) is 0 Å². The van der Waals surface area contributed by atoms with Gasteiger partial charge in [0.25, 0.3) is 0 Å². The third-order valence-electron chi connectivity index (χ3n) is 3.72. The van der Waals surface area contributed by atoms with E-state index in [-0.39, 0.29) is 5.88 Å². The van der Waals surface area contributed by atoms with Gasteiger partial charge in [-0.3, -0.25) is 0 Å². The molecule has 2 aromatic rings. The summed E-state index contributed by atoms with van der Waals surface area (Å²) < 4.78 is 42.9. The van der Waals surface area contributed by atoms with Gasteiger partial charge < -0.3 is 20.0 Å². The van der Waals surface area contributed by atoms with E-state index in [2.05, 4.69) is 4.42 Å².